The molecule has 0 bridgehead atoms. The van der Waals surface area contributed by atoms with Gasteiger partial charge in [-0.3, -0.25) is 82.1 Å². The smallest absolute Gasteiger partial charge is 0.317 e. The Labute approximate surface area is 690 Å². The van der Waals surface area contributed by atoms with Crippen LogP contribution in [0.2, 0.25) is 0 Å². The number of nitrogens with two attached hydrogens (primary N) is 2. The molecule has 2 aliphatic rings. The van der Waals surface area contributed by atoms with Crippen LogP contribution in [0.15, 0.2) is 114 Å². The summed E-state index contributed by atoms with van der Waals surface area (Å²) in [4.78, 5) is 174. The van der Waals surface area contributed by atoms with Crippen molar-refractivity contribution in [3.8, 4) is 5.75 Å². The number of aliphatic imine (C=N–C) groups is 1. The number of carboxylic acid groups (broad SMARTS) is 3. The van der Waals surface area contributed by atoms with E-state index in [1.165, 1.54) is 23.6 Å². The van der Waals surface area contributed by atoms with Crippen LogP contribution >= 0.6 is 22.6 Å². The highest BCUT2D eigenvalue weighted by molar-refractivity contribution is 14.1. The molecule has 17 N–H and O–H groups in total. The van der Waals surface area contributed by atoms with Gasteiger partial charge in [0.25, 0.3) is 0 Å². The molecule has 116 heavy (non-hydrogen) atoms. The largest absolute Gasteiger partial charge is 0.507 e. The van der Waals surface area contributed by atoms with Gasteiger partial charge in [-0.15, -0.1) is 0 Å². The number of rotatable bonds is 40. The number of carboxylic acids is 3. The first kappa shape index (κ1) is 92.8. The lowest BCUT2D eigenvalue weighted by atomic mass is 10.00. The molecule has 7 rings (SSSR count). The van der Waals surface area contributed by atoms with E-state index in [9.17, 15) is 78.0 Å². The first-order chi connectivity index (χ1) is 55.6. The number of guanidine groups is 1. The van der Waals surface area contributed by atoms with Crippen LogP contribution in [0.3, 0.4) is 0 Å². The number of hydrogen-bond donors (Lipinski definition) is 15. The number of benzene rings is 5. The number of nitrogens with zero attached hydrogens (tertiary/aromatic N) is 6. The van der Waals surface area contributed by atoms with Crippen LogP contribution in [0.25, 0.3) is 10.8 Å². The third kappa shape index (κ3) is 34.6. The van der Waals surface area contributed by atoms with Crippen LogP contribution in [0.4, 0.5) is 11.4 Å². The topological polar surface area (TPSA) is 475 Å². The number of hydrogen-bond acceptors (Lipinski definition) is 19. The van der Waals surface area contributed by atoms with E-state index in [0.29, 0.717) is 117 Å². The summed E-state index contributed by atoms with van der Waals surface area (Å²) in [6.07, 6.45) is 5.07. The highest BCUT2D eigenvalue weighted by Crippen LogP contribution is 2.24. The zero-order chi connectivity index (χ0) is 83.9. The number of unbranched alkanes of at least 4 members (excludes halogenated alkanes) is 3. The van der Waals surface area contributed by atoms with Gasteiger partial charge >= 0.3 is 17.9 Å². The Bertz CT molecular complexity index is 4100. The summed E-state index contributed by atoms with van der Waals surface area (Å²) in [7, 11) is 1.40. The van der Waals surface area contributed by atoms with Gasteiger partial charge in [0, 0.05) is 136 Å². The lowest BCUT2D eigenvalue weighted by Gasteiger charge is -2.33. The van der Waals surface area contributed by atoms with Crippen LogP contribution in [-0.2, 0) is 76.8 Å². The van der Waals surface area contributed by atoms with Crippen molar-refractivity contribution in [2.24, 2.45) is 16.5 Å². The number of fused-ring (bicyclic) bond motifs is 1. The van der Waals surface area contributed by atoms with Crippen molar-refractivity contribution in [3.63, 3.8) is 0 Å². The van der Waals surface area contributed by atoms with E-state index in [0.717, 1.165) is 22.8 Å². The van der Waals surface area contributed by atoms with Crippen LogP contribution in [0, 0.1) is 10.5 Å². The minimum atomic E-state index is -1.30. The van der Waals surface area contributed by atoms with Gasteiger partial charge in [-0.05, 0) is 158 Å². The van der Waals surface area contributed by atoms with Crippen LogP contribution < -0.4 is 59.3 Å². The molecule has 2 fully saturated rings. The first-order valence-corrected chi connectivity index (χ1v) is 40.7. The van der Waals surface area contributed by atoms with Crippen molar-refractivity contribution in [3.05, 3.63) is 135 Å². The van der Waals surface area contributed by atoms with Crippen molar-refractivity contribution in [2.75, 3.05) is 129 Å². The monoisotopic (exact) mass is 1720 g/mol. The zero-order valence-electron chi connectivity index (χ0n) is 66.2. The Morgan fingerprint density at radius 2 is 1.09 bits per heavy atom. The average molecular weight is 1720 g/mol. The summed E-state index contributed by atoms with van der Waals surface area (Å²) in [5, 5.41) is 67.5. The molecule has 5 aromatic rings. The van der Waals surface area contributed by atoms with Crippen LogP contribution in [0.5, 0.6) is 5.75 Å². The summed E-state index contributed by atoms with van der Waals surface area (Å²) in [5.74, 6) is -7.88. The normalized spacial score (nSPS) is 17.8. The van der Waals surface area contributed by atoms with E-state index >= 15 is 0 Å². The third-order valence-corrected chi connectivity index (χ3v) is 21.0. The number of aryl methyl sites for hydroxylation is 2. The molecule has 0 saturated carbocycles. The molecule has 2 heterocycles. The van der Waals surface area contributed by atoms with Crippen molar-refractivity contribution < 1.29 is 78.0 Å². The van der Waals surface area contributed by atoms with E-state index in [1.807, 2.05) is 84.1 Å². The number of nitrogens with one attached hydrogen (secondary N) is 9. The van der Waals surface area contributed by atoms with E-state index < -0.39 is 84.2 Å². The number of aromatic hydroxyl groups is 1. The number of carbonyl (C=O) groups is 12. The second kappa shape index (κ2) is 49.5. The van der Waals surface area contributed by atoms with Gasteiger partial charge in [0.05, 0.1) is 35.8 Å². The number of halogens is 1. The molecule has 0 aromatic heterocycles. The van der Waals surface area contributed by atoms with Gasteiger partial charge < -0.3 is 84.6 Å². The maximum Gasteiger partial charge on any atom is 0.317 e. The van der Waals surface area contributed by atoms with Crippen molar-refractivity contribution >= 4 is 122 Å². The maximum absolute atomic E-state index is 14.8. The van der Waals surface area contributed by atoms with E-state index in [1.54, 1.807) is 51.1 Å². The molecule has 0 radical (unpaired) electrons. The van der Waals surface area contributed by atoms with Crippen LogP contribution in [-0.4, -0.2) is 270 Å². The molecule has 34 heteroatoms. The van der Waals surface area contributed by atoms with Gasteiger partial charge in [-0.25, -0.2) is 0 Å². The summed E-state index contributed by atoms with van der Waals surface area (Å²) in [5.41, 5.74) is 16.0. The Kier molecular flexibility index (Phi) is 39.6. The Morgan fingerprint density at radius 1 is 0.543 bits per heavy atom. The molecule has 5 aromatic carbocycles. The van der Waals surface area contributed by atoms with Crippen molar-refractivity contribution in [1.82, 2.24) is 61.7 Å². The molecule has 630 valence electrons. The fourth-order valence-electron chi connectivity index (χ4n) is 13.7. The predicted molar refractivity (Wildman–Crippen MR) is 448 cm³/mol. The minimum Gasteiger partial charge on any atom is -0.507 e. The molecular formula is C82H114IN17O16. The minimum absolute atomic E-state index is 0.00129. The standard InChI is InChI=1S/C82H114IN17O16/c1-55-22-24-56(25-23-55)13-10-21-72(104)92-62-31-29-61(30-32-62)91-71(103)20-8-7-16-64(86-37-38-97-39-41-98(52-74(106)107)43-45-100(54-76(110)111)46-44-99(42-40-97)53-75(108)109)77(112)88-34-9-3-4-19-70(102)87-35-12-18-68-80(115)94-65(17-11-36-89-82(84)85)79(114)95-66(49-57-26-28-59-14-5-6-15-60(59)47-57)78(113)90-51-73(105)93-67(81(116)96(68)2)50-58-27-33-69(101)63(83)48-58/h5-6,14-15,22-33,47-48,64-68,86,101H,3-4,7-13,16-21,34-46,49-54H2,1-2H3,(H,87,102)(H,88,112)(H,90,113)(H,91,103)(H,92,104)(H,93,105)(H,94,115)(H,95,114)(H,106,107)(H,108,109)(H,110,111)(H4,84,85,89)/t64?,65-,66-,67+,68+/m0/s1. The second-order valence-corrected chi connectivity index (χ2v) is 30.6. The highest BCUT2D eigenvalue weighted by Gasteiger charge is 2.36. The summed E-state index contributed by atoms with van der Waals surface area (Å²) < 4.78 is 0.477. The highest BCUT2D eigenvalue weighted by atomic mass is 127. The molecule has 2 aliphatic heterocycles. The molecule has 0 aliphatic carbocycles. The summed E-state index contributed by atoms with van der Waals surface area (Å²) >= 11 is 1.94. The zero-order valence-corrected chi connectivity index (χ0v) is 68.4. The molecule has 9 amide bonds. The number of phenols is 1. The average Bonchev–Trinajstić information content (AvgIpc) is 1.09. The van der Waals surface area contributed by atoms with Gasteiger partial charge in [0.1, 0.15) is 29.9 Å². The maximum atomic E-state index is 14.8. The quantitative estimate of drug-likeness (QED) is 0.0116. The van der Waals surface area contributed by atoms with Crippen LogP contribution in [0.1, 0.15) is 112 Å². The Hall–Kier alpha value is -10.4. The number of phenolic OH excluding ortho intramolecular Hbond substituents is 1. The van der Waals surface area contributed by atoms with E-state index in [2.05, 4.69) is 69.9 Å². The molecule has 0 spiro atoms. The third-order valence-electron chi connectivity index (χ3n) is 20.2. The van der Waals surface area contributed by atoms with E-state index in [-0.39, 0.29) is 152 Å². The van der Waals surface area contributed by atoms with Crippen molar-refractivity contribution in [1.29, 1.82) is 0 Å². The fraction of sp³-hybridized carbons (Fsp3) is 0.500. The molecule has 1 unspecified atom stereocenters. The SMILES string of the molecule is Cc1ccc(CCCC(=O)Nc2ccc(NC(=O)CCCCC(NCCN3CCN(CC(=O)O)CCN(CC(=O)O)CCN(CC(=O)O)CC3)C(=O)NCCCCCC(=O)NCCC[C@@H]3C(=O)N[C@@H](CCCN=C(N)N)C(=O)N[C@@H](Cc4ccc5ccccc5c4)C(=O)NCC(=O)N[C@H](Cc4ccc(O)c(I)c4)C(=O)N3C)cc2)cc1. The lowest BCUT2D eigenvalue weighted by Crippen LogP contribution is -2.58. The number of aliphatic carboxylic acids is 3. The number of amides is 9. The van der Waals surface area contributed by atoms with Crippen molar-refractivity contribution in [2.45, 2.75) is 146 Å². The summed E-state index contributed by atoms with van der Waals surface area (Å²) in [6, 6.07) is 27.2. The predicted octanol–water partition coefficient (Wildman–Crippen LogP) is 2.88. The Balaban J connectivity index is 0.959. The van der Waals surface area contributed by atoms with E-state index in [4.69, 9.17) is 11.5 Å². The molecule has 5 atom stereocenters. The number of anilines is 2. The second-order valence-electron chi connectivity index (χ2n) is 29.5. The number of likely N-dealkylation sites (N-methyl/N-ethyl adjacent to an activating group) is 1. The molecular weight excluding hydrogens is 1610 g/mol. The van der Waals surface area contributed by atoms with Gasteiger partial charge in [-0.1, -0.05) is 91.2 Å². The summed E-state index contributed by atoms with van der Waals surface area (Å²) in [6.45, 7) is 4.07. The number of carbonyl (C=O) groups excluding carboxylic acids is 9. The fourth-order valence-corrected chi connectivity index (χ4v) is 14.3. The van der Waals surface area contributed by atoms with Gasteiger partial charge in [-0.2, -0.15) is 0 Å². The van der Waals surface area contributed by atoms with Gasteiger partial charge in [0.2, 0.25) is 53.2 Å². The molecule has 2 saturated heterocycles. The van der Waals surface area contributed by atoms with Gasteiger partial charge in [0.15, 0.2) is 5.96 Å². The Morgan fingerprint density at radius 3 is 1.70 bits per heavy atom. The first-order valence-electron chi connectivity index (χ1n) is 39.7. The lowest BCUT2D eigenvalue weighted by molar-refractivity contribution is -0.142. The molecule has 33 nitrogen and oxygen atoms in total.